The van der Waals surface area contributed by atoms with Crippen LogP contribution in [0.5, 0.6) is 11.5 Å². The van der Waals surface area contributed by atoms with Gasteiger partial charge in [0.2, 0.25) is 0 Å². The minimum absolute atomic E-state index is 0.0384. The Morgan fingerprint density at radius 3 is 2.62 bits per heavy atom. The molecule has 2 aromatic rings. The van der Waals surface area contributed by atoms with Crippen molar-refractivity contribution in [3.05, 3.63) is 63.7 Å². The van der Waals surface area contributed by atoms with Crippen molar-refractivity contribution in [3.8, 4) is 11.5 Å². The summed E-state index contributed by atoms with van der Waals surface area (Å²) in [5.74, 6) is 1.11. The Balaban J connectivity index is 2.07. The normalized spacial score (nSPS) is 10.4. The number of hydrazone groups is 1. The van der Waals surface area contributed by atoms with Crippen molar-refractivity contribution >= 4 is 29.2 Å². The van der Waals surface area contributed by atoms with Crippen LogP contribution in [0.15, 0.2) is 47.6 Å². The first-order valence-corrected chi connectivity index (χ1v) is 7.99. The van der Waals surface area contributed by atoms with E-state index in [0.29, 0.717) is 16.6 Å². The van der Waals surface area contributed by atoms with Crippen molar-refractivity contribution in [2.45, 2.75) is 6.61 Å². The summed E-state index contributed by atoms with van der Waals surface area (Å²) in [6.07, 6.45) is 1.60. The Labute approximate surface area is 156 Å². The van der Waals surface area contributed by atoms with E-state index in [1.807, 2.05) is 6.07 Å². The van der Waals surface area contributed by atoms with Crippen LogP contribution in [0.3, 0.4) is 0 Å². The average molecular weight is 374 g/mol. The summed E-state index contributed by atoms with van der Waals surface area (Å²) < 4.78 is 11.1. The first-order valence-electron chi connectivity index (χ1n) is 7.58. The molecule has 0 bridgehead atoms. The molecule has 0 amide bonds. The van der Waals surface area contributed by atoms with Crippen LogP contribution < -0.4 is 20.2 Å². The third kappa shape index (κ3) is 5.42. The number of nitrogens with one attached hydrogen (secondary N) is 2. The predicted octanol–water partition coefficient (Wildman–Crippen LogP) is 2.61. The molecule has 0 radical (unpaired) electrons. The predicted molar refractivity (Wildman–Crippen MR) is 103 cm³/mol. The minimum atomic E-state index is -0.440. The van der Waals surface area contributed by atoms with Gasteiger partial charge in [-0.2, -0.15) is 5.10 Å². The lowest BCUT2D eigenvalue weighted by Gasteiger charge is -2.11. The van der Waals surface area contributed by atoms with E-state index in [4.69, 9.17) is 21.7 Å². The number of hydrogen-bond donors (Lipinski definition) is 2. The molecule has 0 heterocycles. The van der Waals surface area contributed by atoms with Crippen molar-refractivity contribution in [3.63, 3.8) is 0 Å². The number of non-ortho nitro benzene ring substituents is 1. The maximum Gasteiger partial charge on any atom is 0.269 e. The van der Waals surface area contributed by atoms with Gasteiger partial charge in [-0.25, -0.2) is 0 Å². The van der Waals surface area contributed by atoms with Crippen LogP contribution in [0.1, 0.15) is 11.1 Å². The topological polar surface area (TPSA) is 98.0 Å². The molecule has 0 saturated carbocycles. The Kier molecular flexibility index (Phi) is 6.86. The Hall–Kier alpha value is -3.20. The summed E-state index contributed by atoms with van der Waals surface area (Å²) in [7, 11) is 3.25. The number of benzene rings is 2. The zero-order valence-corrected chi connectivity index (χ0v) is 15.1. The van der Waals surface area contributed by atoms with Crippen LogP contribution in [0.4, 0.5) is 5.69 Å². The van der Waals surface area contributed by atoms with Gasteiger partial charge >= 0.3 is 0 Å². The molecule has 26 heavy (non-hydrogen) atoms. The molecule has 136 valence electrons. The first-order chi connectivity index (χ1) is 12.5. The van der Waals surface area contributed by atoms with E-state index in [2.05, 4.69) is 15.8 Å². The zero-order chi connectivity index (χ0) is 18.9. The highest BCUT2D eigenvalue weighted by Gasteiger charge is 2.08. The third-order valence-electron chi connectivity index (χ3n) is 3.34. The first kappa shape index (κ1) is 19.1. The SMILES string of the molecule is CNC(=S)N/N=C\c1ccc(OC)c(OCc2ccc([N+](=O)[O-])cc2)c1. The quantitative estimate of drug-likeness (QED) is 0.333. The van der Waals surface area contributed by atoms with Crippen LogP contribution in [0.2, 0.25) is 0 Å². The molecule has 8 nitrogen and oxygen atoms in total. The molecule has 0 aliphatic rings. The highest BCUT2D eigenvalue weighted by atomic mass is 32.1. The Morgan fingerprint density at radius 2 is 2.00 bits per heavy atom. The number of methoxy groups -OCH3 is 1. The lowest BCUT2D eigenvalue weighted by atomic mass is 10.2. The molecule has 0 spiro atoms. The van der Waals surface area contributed by atoms with E-state index < -0.39 is 4.92 Å². The van der Waals surface area contributed by atoms with Crippen molar-refractivity contribution < 1.29 is 14.4 Å². The molecule has 2 N–H and O–H groups in total. The molecule has 9 heteroatoms. The van der Waals surface area contributed by atoms with E-state index in [1.165, 1.54) is 12.1 Å². The molecule has 0 atom stereocenters. The lowest BCUT2D eigenvalue weighted by molar-refractivity contribution is -0.384. The number of hydrogen-bond acceptors (Lipinski definition) is 6. The van der Waals surface area contributed by atoms with Crippen molar-refractivity contribution in [2.24, 2.45) is 5.10 Å². The van der Waals surface area contributed by atoms with Gasteiger partial charge in [-0.3, -0.25) is 15.5 Å². The van der Waals surface area contributed by atoms with Gasteiger partial charge in [0.25, 0.3) is 5.69 Å². The molecule has 2 aromatic carbocycles. The summed E-state index contributed by atoms with van der Waals surface area (Å²) in [6, 6.07) is 11.5. The number of thiocarbonyl (C=S) groups is 1. The van der Waals surface area contributed by atoms with Gasteiger partial charge in [-0.05, 0) is 53.7 Å². The van der Waals surface area contributed by atoms with Gasteiger partial charge in [-0.15, -0.1) is 0 Å². The van der Waals surface area contributed by atoms with E-state index in [1.54, 1.807) is 44.6 Å². The van der Waals surface area contributed by atoms with Crippen LogP contribution >= 0.6 is 12.2 Å². The van der Waals surface area contributed by atoms with Gasteiger partial charge in [-0.1, -0.05) is 0 Å². The van der Waals surface area contributed by atoms with Gasteiger partial charge < -0.3 is 14.8 Å². The van der Waals surface area contributed by atoms with E-state index >= 15 is 0 Å². The summed E-state index contributed by atoms with van der Waals surface area (Å²) >= 11 is 4.93. The van der Waals surface area contributed by atoms with Crippen LogP contribution in [-0.2, 0) is 6.61 Å². The third-order valence-corrected chi connectivity index (χ3v) is 3.63. The fourth-order valence-electron chi connectivity index (χ4n) is 1.98. The zero-order valence-electron chi connectivity index (χ0n) is 14.3. The maximum absolute atomic E-state index is 10.7. The van der Waals surface area contributed by atoms with Crippen LogP contribution in [0, 0.1) is 10.1 Å². The van der Waals surface area contributed by atoms with Gasteiger partial charge in [0.1, 0.15) is 6.61 Å². The van der Waals surface area contributed by atoms with Gasteiger partial charge in [0.15, 0.2) is 16.6 Å². The number of nitro benzene ring substituents is 1. The van der Waals surface area contributed by atoms with Crippen LogP contribution in [0.25, 0.3) is 0 Å². The molecular weight excluding hydrogens is 356 g/mol. The molecule has 2 rings (SSSR count). The summed E-state index contributed by atoms with van der Waals surface area (Å²) in [5.41, 5.74) is 4.29. The molecule has 0 unspecified atom stereocenters. The standard InChI is InChI=1S/C17H18N4O4S/c1-18-17(26)20-19-10-13-5-8-15(24-2)16(9-13)25-11-12-3-6-14(7-4-12)21(22)23/h3-10H,11H2,1-2H3,(H2,18,20,26)/b19-10-. The van der Waals surface area contributed by atoms with Crippen LogP contribution in [-0.4, -0.2) is 30.4 Å². The summed E-state index contributed by atoms with van der Waals surface area (Å²) in [5, 5.41) is 17.9. The summed E-state index contributed by atoms with van der Waals surface area (Å²) in [6.45, 7) is 0.247. The Morgan fingerprint density at radius 1 is 1.27 bits per heavy atom. The second kappa shape index (κ2) is 9.33. The molecule has 0 saturated heterocycles. The highest BCUT2D eigenvalue weighted by molar-refractivity contribution is 7.80. The lowest BCUT2D eigenvalue weighted by Crippen LogP contribution is -2.28. The van der Waals surface area contributed by atoms with Gasteiger partial charge in [0.05, 0.1) is 18.2 Å². The number of ether oxygens (including phenoxy) is 2. The van der Waals surface area contributed by atoms with E-state index in [9.17, 15) is 10.1 Å². The fourth-order valence-corrected chi connectivity index (χ4v) is 2.04. The molecule has 0 aromatic heterocycles. The van der Waals surface area contributed by atoms with Gasteiger partial charge in [0, 0.05) is 19.2 Å². The number of rotatable bonds is 7. The second-order valence-corrected chi connectivity index (χ2v) is 5.48. The Bertz CT molecular complexity index is 809. The van der Waals surface area contributed by atoms with Crippen molar-refractivity contribution in [1.82, 2.24) is 10.7 Å². The number of nitro groups is 1. The molecular formula is C17H18N4O4S. The van der Waals surface area contributed by atoms with Crippen molar-refractivity contribution in [2.75, 3.05) is 14.2 Å². The minimum Gasteiger partial charge on any atom is -0.493 e. The monoisotopic (exact) mass is 374 g/mol. The molecule has 0 aliphatic heterocycles. The van der Waals surface area contributed by atoms with Crippen molar-refractivity contribution in [1.29, 1.82) is 0 Å². The largest absolute Gasteiger partial charge is 0.493 e. The molecule has 0 fully saturated rings. The van der Waals surface area contributed by atoms with E-state index in [0.717, 1.165) is 11.1 Å². The second-order valence-electron chi connectivity index (χ2n) is 5.07. The maximum atomic E-state index is 10.7. The fraction of sp³-hybridized carbons (Fsp3) is 0.176. The smallest absolute Gasteiger partial charge is 0.269 e. The molecule has 0 aliphatic carbocycles. The highest BCUT2D eigenvalue weighted by Crippen LogP contribution is 2.28. The van der Waals surface area contributed by atoms with E-state index in [-0.39, 0.29) is 12.3 Å². The summed E-state index contributed by atoms with van der Waals surface area (Å²) in [4.78, 5) is 10.2. The number of nitrogens with zero attached hydrogens (tertiary/aromatic N) is 2. The average Bonchev–Trinajstić information content (AvgIpc) is 2.66.